The minimum Gasteiger partial charge on any atom is -0.348 e. The van der Waals surface area contributed by atoms with Crippen LogP contribution in [0.25, 0.3) is 0 Å². The van der Waals surface area contributed by atoms with Crippen LogP contribution < -0.4 is 10.6 Å². The summed E-state index contributed by atoms with van der Waals surface area (Å²) >= 11 is 0. The van der Waals surface area contributed by atoms with Crippen LogP contribution in [0.5, 0.6) is 0 Å². The third-order valence-corrected chi connectivity index (χ3v) is 3.24. The highest BCUT2D eigenvalue weighted by molar-refractivity contribution is 5.95. The van der Waals surface area contributed by atoms with E-state index >= 15 is 0 Å². The van der Waals surface area contributed by atoms with Gasteiger partial charge >= 0.3 is 0 Å². The first kappa shape index (κ1) is 14.7. The topological polar surface area (TPSA) is 66.9 Å². The molecule has 0 aliphatic rings. The molecule has 0 fully saturated rings. The molecule has 3 aromatic rings. The molecular weight excluding hydrogens is 288 g/mol. The van der Waals surface area contributed by atoms with Gasteiger partial charge in [0.25, 0.3) is 5.91 Å². The van der Waals surface area contributed by atoms with Crippen molar-refractivity contribution in [2.45, 2.75) is 6.54 Å². The van der Waals surface area contributed by atoms with Gasteiger partial charge in [-0.25, -0.2) is 9.97 Å². The van der Waals surface area contributed by atoms with E-state index in [0.29, 0.717) is 18.1 Å². The van der Waals surface area contributed by atoms with E-state index in [0.717, 1.165) is 11.3 Å². The molecular formula is C18H16N4O. The zero-order valence-electron chi connectivity index (χ0n) is 12.4. The first-order valence-electron chi connectivity index (χ1n) is 7.27. The van der Waals surface area contributed by atoms with Gasteiger partial charge in [0.2, 0.25) is 5.95 Å². The van der Waals surface area contributed by atoms with Crippen molar-refractivity contribution >= 4 is 17.5 Å². The van der Waals surface area contributed by atoms with Crippen LogP contribution >= 0.6 is 0 Å². The lowest BCUT2D eigenvalue weighted by Crippen LogP contribution is -2.22. The van der Waals surface area contributed by atoms with Gasteiger partial charge < -0.3 is 10.6 Å². The van der Waals surface area contributed by atoms with Gasteiger partial charge in [-0.15, -0.1) is 0 Å². The maximum absolute atomic E-state index is 12.3. The van der Waals surface area contributed by atoms with Crippen LogP contribution in [0.2, 0.25) is 0 Å². The summed E-state index contributed by atoms with van der Waals surface area (Å²) in [5.41, 5.74) is 2.42. The molecule has 1 amide bonds. The minimum atomic E-state index is -0.119. The van der Waals surface area contributed by atoms with E-state index in [9.17, 15) is 4.79 Å². The summed E-state index contributed by atoms with van der Waals surface area (Å²) in [4.78, 5) is 20.5. The van der Waals surface area contributed by atoms with Gasteiger partial charge in [0.05, 0.1) is 0 Å². The van der Waals surface area contributed by atoms with Crippen molar-refractivity contribution in [2.24, 2.45) is 0 Å². The van der Waals surface area contributed by atoms with Crippen LogP contribution in [-0.2, 0) is 6.54 Å². The fraction of sp³-hybridized carbons (Fsp3) is 0.0556. The molecule has 0 bridgehead atoms. The predicted octanol–water partition coefficient (Wildman–Crippen LogP) is 3.15. The molecule has 1 heterocycles. The smallest absolute Gasteiger partial charge is 0.251 e. The van der Waals surface area contributed by atoms with Gasteiger partial charge in [0.1, 0.15) is 0 Å². The number of rotatable bonds is 5. The number of aromatic nitrogens is 2. The van der Waals surface area contributed by atoms with Crippen LogP contribution in [0.4, 0.5) is 11.6 Å². The molecule has 0 saturated heterocycles. The fourth-order valence-electron chi connectivity index (χ4n) is 2.11. The number of carbonyl (C=O) groups is 1. The molecule has 0 saturated carbocycles. The number of anilines is 2. The highest BCUT2D eigenvalue weighted by Gasteiger charge is 2.06. The minimum absolute atomic E-state index is 0.119. The molecule has 0 aliphatic heterocycles. The van der Waals surface area contributed by atoms with Gasteiger partial charge in [0, 0.05) is 30.2 Å². The fourth-order valence-corrected chi connectivity index (χ4v) is 2.11. The summed E-state index contributed by atoms with van der Waals surface area (Å²) in [7, 11) is 0. The first-order chi connectivity index (χ1) is 11.3. The summed E-state index contributed by atoms with van der Waals surface area (Å²) in [5, 5.41) is 5.98. The molecule has 5 nitrogen and oxygen atoms in total. The number of amides is 1. The molecule has 114 valence electrons. The lowest BCUT2D eigenvalue weighted by atomic mass is 10.1. The van der Waals surface area contributed by atoms with E-state index in [2.05, 4.69) is 20.6 Å². The number of nitrogens with zero attached hydrogens (tertiary/aromatic N) is 2. The Morgan fingerprint density at radius 3 is 2.48 bits per heavy atom. The Morgan fingerprint density at radius 1 is 0.913 bits per heavy atom. The third kappa shape index (κ3) is 4.14. The second kappa shape index (κ2) is 7.17. The summed E-state index contributed by atoms with van der Waals surface area (Å²) in [5.74, 6) is 0.376. The Labute approximate surface area is 134 Å². The van der Waals surface area contributed by atoms with E-state index in [1.54, 1.807) is 30.6 Å². The van der Waals surface area contributed by atoms with Crippen molar-refractivity contribution in [3.05, 3.63) is 84.2 Å². The summed E-state index contributed by atoms with van der Waals surface area (Å²) in [6.45, 7) is 0.499. The molecule has 1 aromatic heterocycles. The van der Waals surface area contributed by atoms with E-state index in [1.165, 1.54) is 0 Å². The van der Waals surface area contributed by atoms with Crippen molar-refractivity contribution in [3.63, 3.8) is 0 Å². The second-order valence-corrected chi connectivity index (χ2v) is 4.95. The number of benzene rings is 2. The van der Waals surface area contributed by atoms with Crippen molar-refractivity contribution in [1.29, 1.82) is 0 Å². The number of hydrogen-bond acceptors (Lipinski definition) is 4. The van der Waals surface area contributed by atoms with Crippen molar-refractivity contribution in [3.8, 4) is 0 Å². The zero-order valence-corrected chi connectivity index (χ0v) is 12.4. The predicted molar refractivity (Wildman–Crippen MR) is 89.4 cm³/mol. The molecule has 5 heteroatoms. The lowest BCUT2D eigenvalue weighted by molar-refractivity contribution is 0.0951. The molecule has 23 heavy (non-hydrogen) atoms. The quantitative estimate of drug-likeness (QED) is 0.760. The van der Waals surface area contributed by atoms with E-state index < -0.39 is 0 Å². The molecule has 0 radical (unpaired) electrons. The van der Waals surface area contributed by atoms with Crippen LogP contribution in [0.15, 0.2) is 73.1 Å². The Kier molecular flexibility index (Phi) is 4.59. The van der Waals surface area contributed by atoms with Crippen LogP contribution in [-0.4, -0.2) is 15.9 Å². The number of hydrogen-bond donors (Lipinski definition) is 2. The van der Waals surface area contributed by atoms with Crippen LogP contribution in [0.1, 0.15) is 15.9 Å². The van der Waals surface area contributed by atoms with Crippen molar-refractivity contribution < 1.29 is 4.79 Å². The standard InChI is InChI=1S/C18H16N4O/c23-17(21-13-14-6-2-1-3-7-14)15-8-4-9-16(12-15)22-18-19-10-5-11-20-18/h1-12H,13H2,(H,21,23)(H,19,20,22). The second-order valence-electron chi connectivity index (χ2n) is 4.95. The first-order valence-corrected chi connectivity index (χ1v) is 7.27. The average molecular weight is 304 g/mol. The lowest BCUT2D eigenvalue weighted by Gasteiger charge is -2.08. The SMILES string of the molecule is O=C(NCc1ccccc1)c1cccc(Nc2ncccn2)c1. The van der Waals surface area contributed by atoms with Crippen molar-refractivity contribution in [1.82, 2.24) is 15.3 Å². The Bertz CT molecular complexity index is 775. The average Bonchev–Trinajstić information content (AvgIpc) is 2.62. The van der Waals surface area contributed by atoms with Crippen LogP contribution in [0.3, 0.4) is 0 Å². The van der Waals surface area contributed by atoms with E-state index in [-0.39, 0.29) is 5.91 Å². The largest absolute Gasteiger partial charge is 0.348 e. The maximum Gasteiger partial charge on any atom is 0.251 e. The molecule has 0 aliphatic carbocycles. The van der Waals surface area contributed by atoms with E-state index in [4.69, 9.17) is 0 Å². The molecule has 3 rings (SSSR count). The van der Waals surface area contributed by atoms with Gasteiger partial charge in [-0.1, -0.05) is 36.4 Å². The normalized spacial score (nSPS) is 10.1. The third-order valence-electron chi connectivity index (χ3n) is 3.24. The van der Waals surface area contributed by atoms with E-state index in [1.807, 2.05) is 42.5 Å². The highest BCUT2D eigenvalue weighted by Crippen LogP contribution is 2.14. The molecule has 2 aromatic carbocycles. The highest BCUT2D eigenvalue weighted by atomic mass is 16.1. The molecule has 0 unspecified atom stereocenters. The van der Waals surface area contributed by atoms with Gasteiger partial charge in [-0.05, 0) is 29.8 Å². The molecule has 0 atom stereocenters. The molecule has 2 N–H and O–H groups in total. The Morgan fingerprint density at radius 2 is 1.70 bits per heavy atom. The van der Waals surface area contributed by atoms with Crippen molar-refractivity contribution in [2.75, 3.05) is 5.32 Å². The van der Waals surface area contributed by atoms with Gasteiger partial charge in [-0.2, -0.15) is 0 Å². The van der Waals surface area contributed by atoms with Crippen LogP contribution in [0, 0.1) is 0 Å². The number of nitrogens with one attached hydrogen (secondary N) is 2. The maximum atomic E-state index is 12.3. The zero-order chi connectivity index (χ0) is 15.9. The molecule has 0 spiro atoms. The summed E-state index contributed by atoms with van der Waals surface area (Å²) in [6, 6.07) is 18.8. The summed E-state index contributed by atoms with van der Waals surface area (Å²) in [6.07, 6.45) is 3.32. The number of carbonyl (C=O) groups excluding carboxylic acids is 1. The van der Waals surface area contributed by atoms with Gasteiger partial charge in [0.15, 0.2) is 0 Å². The monoisotopic (exact) mass is 304 g/mol. The Hall–Kier alpha value is -3.21. The van der Waals surface area contributed by atoms with Gasteiger partial charge in [-0.3, -0.25) is 4.79 Å². The summed E-state index contributed by atoms with van der Waals surface area (Å²) < 4.78 is 0. The Balaban J connectivity index is 1.65.